The number of unbranched alkanes of at least 4 members (excludes halogenated alkanes) is 5. The van der Waals surface area contributed by atoms with Crippen molar-refractivity contribution < 1.29 is 22.7 Å². The van der Waals surface area contributed by atoms with Crippen molar-refractivity contribution in [1.29, 1.82) is 0 Å². The van der Waals surface area contributed by atoms with E-state index in [1.807, 2.05) is 0 Å². The van der Waals surface area contributed by atoms with Gasteiger partial charge < -0.3 is 4.74 Å². The first kappa shape index (κ1) is 25.6. The quantitative estimate of drug-likeness (QED) is 0.190. The third kappa shape index (κ3) is 6.51. The van der Waals surface area contributed by atoms with Gasteiger partial charge in [0, 0.05) is 10.8 Å². The summed E-state index contributed by atoms with van der Waals surface area (Å²) >= 11 is 0. The van der Waals surface area contributed by atoms with E-state index in [1.54, 1.807) is 6.07 Å². The predicted octanol–water partition coefficient (Wildman–Crippen LogP) is 8.67. The molecular weight excluding hydrogens is 425 g/mol. The van der Waals surface area contributed by atoms with Crippen LogP contribution in [0.25, 0.3) is 10.8 Å². The topological polar surface area (TPSA) is 26.3 Å². The number of ether oxygens (including phenoxy) is 1. The molecular formula is C28H37F3O2. The average molecular weight is 463 g/mol. The monoisotopic (exact) mass is 462 g/mol. The fraction of sp³-hybridized carbons (Fsp3) is 0.607. The number of carbonyl (C=O) groups excluding carboxylic acids is 1. The standard InChI is InChI=1S/C28H37F3O2/c1-3-5-7-9-11-20-16-17-22-23(25(20)30)18-24(29)27(26(22)31)33-28(32)21-14-12-19(13-15-21)10-8-6-4-2/h16-19,21H,3-15H2,1-2H3. The molecule has 2 nitrogen and oxygen atoms in total. The average Bonchev–Trinajstić information content (AvgIpc) is 2.81. The van der Waals surface area contributed by atoms with Crippen LogP contribution in [-0.4, -0.2) is 5.97 Å². The van der Waals surface area contributed by atoms with Crippen molar-refractivity contribution >= 4 is 16.7 Å². The number of esters is 1. The maximum Gasteiger partial charge on any atom is 0.314 e. The molecule has 0 aromatic heterocycles. The van der Waals surface area contributed by atoms with Crippen LogP contribution < -0.4 is 4.74 Å². The zero-order valence-corrected chi connectivity index (χ0v) is 20.0. The van der Waals surface area contributed by atoms with Crippen molar-refractivity contribution in [3.8, 4) is 5.75 Å². The molecule has 1 aliphatic carbocycles. The van der Waals surface area contributed by atoms with Crippen LogP contribution in [0.2, 0.25) is 0 Å². The van der Waals surface area contributed by atoms with Crippen molar-refractivity contribution in [2.75, 3.05) is 0 Å². The first-order valence-corrected chi connectivity index (χ1v) is 12.8. The number of carbonyl (C=O) groups is 1. The van der Waals surface area contributed by atoms with Crippen LogP contribution in [0, 0.1) is 29.3 Å². The molecule has 1 saturated carbocycles. The number of hydrogen-bond donors (Lipinski definition) is 0. The van der Waals surface area contributed by atoms with Crippen LogP contribution in [0.15, 0.2) is 18.2 Å². The summed E-state index contributed by atoms with van der Waals surface area (Å²) in [6, 6.07) is 3.97. The molecule has 0 aliphatic heterocycles. The maximum atomic E-state index is 15.1. The molecule has 0 atom stereocenters. The summed E-state index contributed by atoms with van der Waals surface area (Å²) in [7, 11) is 0. The van der Waals surface area contributed by atoms with Gasteiger partial charge in [0.2, 0.25) is 5.75 Å². The molecule has 0 saturated heterocycles. The van der Waals surface area contributed by atoms with Gasteiger partial charge in [0.1, 0.15) is 5.82 Å². The minimum absolute atomic E-state index is 0.0614. The van der Waals surface area contributed by atoms with Crippen LogP contribution >= 0.6 is 0 Å². The molecule has 0 unspecified atom stereocenters. The number of hydrogen-bond acceptors (Lipinski definition) is 2. The highest BCUT2D eigenvalue weighted by Gasteiger charge is 2.29. The van der Waals surface area contributed by atoms with Gasteiger partial charge in [-0.1, -0.05) is 70.9 Å². The highest BCUT2D eigenvalue weighted by molar-refractivity contribution is 5.87. The summed E-state index contributed by atoms with van der Waals surface area (Å²) in [5.41, 5.74) is 0.456. The Bertz CT molecular complexity index is 933. The van der Waals surface area contributed by atoms with E-state index in [-0.39, 0.29) is 16.7 Å². The molecule has 0 N–H and O–H groups in total. The van der Waals surface area contributed by atoms with Crippen molar-refractivity contribution in [3.05, 3.63) is 41.2 Å². The van der Waals surface area contributed by atoms with E-state index in [0.29, 0.717) is 30.7 Å². The maximum absolute atomic E-state index is 15.1. The van der Waals surface area contributed by atoms with Crippen molar-refractivity contribution in [3.63, 3.8) is 0 Å². The second kappa shape index (κ2) is 12.4. The van der Waals surface area contributed by atoms with E-state index in [4.69, 9.17) is 4.74 Å². The van der Waals surface area contributed by atoms with E-state index in [1.165, 1.54) is 31.7 Å². The van der Waals surface area contributed by atoms with Gasteiger partial charge in [0.05, 0.1) is 5.92 Å². The van der Waals surface area contributed by atoms with Gasteiger partial charge in [-0.2, -0.15) is 0 Å². The van der Waals surface area contributed by atoms with Crippen molar-refractivity contribution in [2.24, 2.45) is 11.8 Å². The minimum atomic E-state index is -1.04. The van der Waals surface area contributed by atoms with Gasteiger partial charge >= 0.3 is 5.97 Å². The van der Waals surface area contributed by atoms with Crippen molar-refractivity contribution in [1.82, 2.24) is 0 Å². The molecule has 2 aromatic carbocycles. The summed E-state index contributed by atoms with van der Waals surface area (Å²) in [6.45, 7) is 4.28. The number of rotatable bonds is 11. The first-order chi connectivity index (χ1) is 16.0. The predicted molar refractivity (Wildman–Crippen MR) is 127 cm³/mol. The molecule has 0 amide bonds. The Morgan fingerprint density at radius 3 is 2.27 bits per heavy atom. The van der Waals surface area contributed by atoms with E-state index in [2.05, 4.69) is 13.8 Å². The lowest BCUT2D eigenvalue weighted by Gasteiger charge is -2.27. The van der Waals surface area contributed by atoms with Crippen LogP contribution in [0.3, 0.4) is 0 Å². The Hall–Kier alpha value is -2.04. The normalized spacial score (nSPS) is 18.6. The van der Waals surface area contributed by atoms with Crippen LogP contribution in [0.5, 0.6) is 5.75 Å². The summed E-state index contributed by atoms with van der Waals surface area (Å²) < 4.78 is 49.9. The zero-order valence-electron chi connectivity index (χ0n) is 20.0. The molecule has 5 heteroatoms. The van der Waals surface area contributed by atoms with Gasteiger partial charge in [-0.25, -0.2) is 13.2 Å². The van der Waals surface area contributed by atoms with E-state index >= 15 is 4.39 Å². The Kier molecular flexibility index (Phi) is 9.64. The third-order valence-corrected chi connectivity index (χ3v) is 7.08. The SMILES string of the molecule is CCCCCCc1ccc2c(F)c(OC(=O)C3CCC(CCCCC)CC3)c(F)cc2c1F. The van der Waals surface area contributed by atoms with Crippen LogP contribution in [0.4, 0.5) is 13.2 Å². The number of benzene rings is 2. The molecule has 0 heterocycles. The highest BCUT2D eigenvalue weighted by Crippen LogP contribution is 2.36. The fourth-order valence-corrected chi connectivity index (χ4v) is 4.97. The minimum Gasteiger partial charge on any atom is -0.420 e. The number of fused-ring (bicyclic) bond motifs is 1. The third-order valence-electron chi connectivity index (χ3n) is 7.08. The molecule has 182 valence electrons. The van der Waals surface area contributed by atoms with Crippen molar-refractivity contribution in [2.45, 2.75) is 97.3 Å². The van der Waals surface area contributed by atoms with Gasteiger partial charge in [-0.3, -0.25) is 4.79 Å². The van der Waals surface area contributed by atoms with Crippen LogP contribution in [0.1, 0.15) is 96.5 Å². The second-order valence-corrected chi connectivity index (χ2v) is 9.58. The van der Waals surface area contributed by atoms with E-state index in [0.717, 1.165) is 44.6 Å². The second-order valence-electron chi connectivity index (χ2n) is 9.58. The van der Waals surface area contributed by atoms with Crippen LogP contribution in [-0.2, 0) is 11.2 Å². The smallest absolute Gasteiger partial charge is 0.314 e. The van der Waals surface area contributed by atoms with E-state index in [9.17, 15) is 13.6 Å². The fourth-order valence-electron chi connectivity index (χ4n) is 4.97. The number of aryl methyl sites for hydroxylation is 1. The van der Waals surface area contributed by atoms with Gasteiger partial charge in [-0.05, 0) is 56.1 Å². The zero-order chi connectivity index (χ0) is 23.8. The summed E-state index contributed by atoms with van der Waals surface area (Å²) in [5.74, 6) is -3.68. The van der Waals surface area contributed by atoms with E-state index < -0.39 is 29.2 Å². The molecule has 1 aliphatic rings. The Balaban J connectivity index is 1.68. The first-order valence-electron chi connectivity index (χ1n) is 12.8. The Morgan fingerprint density at radius 1 is 0.879 bits per heavy atom. The Morgan fingerprint density at radius 2 is 1.58 bits per heavy atom. The largest absolute Gasteiger partial charge is 0.420 e. The molecule has 0 spiro atoms. The number of halogens is 3. The molecule has 2 aromatic rings. The van der Waals surface area contributed by atoms with Gasteiger partial charge in [0.15, 0.2) is 11.6 Å². The van der Waals surface area contributed by atoms with Gasteiger partial charge in [-0.15, -0.1) is 0 Å². The summed E-state index contributed by atoms with van der Waals surface area (Å²) in [5, 5.41) is -0.168. The molecule has 1 fully saturated rings. The highest BCUT2D eigenvalue weighted by atomic mass is 19.1. The molecule has 0 radical (unpaired) electrons. The lowest BCUT2D eigenvalue weighted by Crippen LogP contribution is -2.26. The summed E-state index contributed by atoms with van der Waals surface area (Å²) in [4.78, 5) is 12.6. The van der Waals surface area contributed by atoms with Gasteiger partial charge in [0.25, 0.3) is 0 Å². The lowest BCUT2D eigenvalue weighted by molar-refractivity contribution is -0.140. The molecule has 3 rings (SSSR count). The Labute approximate surface area is 195 Å². The lowest BCUT2D eigenvalue weighted by atomic mass is 9.80. The molecule has 33 heavy (non-hydrogen) atoms. The summed E-state index contributed by atoms with van der Waals surface area (Å²) in [6.07, 6.45) is 12.6. The molecule has 0 bridgehead atoms.